The molecule has 0 amide bonds. The lowest BCUT2D eigenvalue weighted by atomic mass is 9.96. The number of aromatic nitrogens is 3. The molecule has 1 aromatic heterocycles. The molecule has 0 radical (unpaired) electrons. The Balaban J connectivity index is 2.64. The summed E-state index contributed by atoms with van der Waals surface area (Å²) in [6, 6.07) is 0.305. The van der Waals surface area contributed by atoms with E-state index in [1.165, 1.54) is 0 Å². The molecule has 16 heavy (non-hydrogen) atoms. The van der Waals surface area contributed by atoms with Crippen LogP contribution in [0.3, 0.4) is 0 Å². The zero-order chi connectivity index (χ0) is 12.2. The molecule has 90 valence electrons. The average Bonchev–Trinajstić information content (AvgIpc) is 2.30. The van der Waals surface area contributed by atoms with Gasteiger partial charge in [-0.1, -0.05) is 18.9 Å². The van der Waals surface area contributed by atoms with E-state index in [4.69, 9.17) is 10.5 Å². The number of hydrogen-bond acceptors (Lipinski definition) is 5. The number of nitrogens with two attached hydrogens (primary N) is 1. The molecule has 5 nitrogen and oxygen atoms in total. The quantitative estimate of drug-likeness (QED) is 0.818. The van der Waals surface area contributed by atoms with Crippen LogP contribution in [-0.4, -0.2) is 27.3 Å². The van der Waals surface area contributed by atoms with Crippen molar-refractivity contribution in [3.63, 3.8) is 0 Å². The third kappa shape index (κ3) is 3.13. The van der Waals surface area contributed by atoms with Gasteiger partial charge in [-0.15, -0.1) is 5.10 Å². The van der Waals surface area contributed by atoms with Gasteiger partial charge in [0.15, 0.2) is 0 Å². The summed E-state index contributed by atoms with van der Waals surface area (Å²) in [4.78, 5) is 4.19. The molecule has 0 fully saturated rings. The molecule has 0 saturated heterocycles. The van der Waals surface area contributed by atoms with E-state index < -0.39 is 0 Å². The van der Waals surface area contributed by atoms with Crippen molar-refractivity contribution in [3.05, 3.63) is 11.4 Å². The molecular weight excluding hydrogens is 204 g/mol. The first-order chi connectivity index (χ1) is 7.50. The zero-order valence-corrected chi connectivity index (χ0v) is 10.4. The fourth-order valence-electron chi connectivity index (χ4n) is 1.16. The number of aryl methyl sites for hydroxylation is 2. The van der Waals surface area contributed by atoms with Gasteiger partial charge < -0.3 is 10.5 Å². The van der Waals surface area contributed by atoms with Gasteiger partial charge in [-0.25, -0.2) is 0 Å². The van der Waals surface area contributed by atoms with Gasteiger partial charge in [0.25, 0.3) is 0 Å². The third-order valence-electron chi connectivity index (χ3n) is 2.97. The second-order valence-corrected chi connectivity index (χ2v) is 4.12. The highest BCUT2D eigenvalue weighted by Crippen LogP contribution is 2.13. The second-order valence-electron chi connectivity index (χ2n) is 4.12. The molecule has 0 unspecified atom stereocenters. The van der Waals surface area contributed by atoms with Crippen molar-refractivity contribution in [1.29, 1.82) is 0 Å². The van der Waals surface area contributed by atoms with Crippen LogP contribution in [0.15, 0.2) is 0 Å². The van der Waals surface area contributed by atoms with E-state index in [2.05, 4.69) is 15.2 Å². The van der Waals surface area contributed by atoms with E-state index in [1.54, 1.807) is 0 Å². The minimum atomic E-state index is -0.303. The van der Waals surface area contributed by atoms with Crippen molar-refractivity contribution in [2.45, 2.75) is 46.1 Å². The molecule has 0 aliphatic heterocycles. The van der Waals surface area contributed by atoms with Crippen molar-refractivity contribution < 1.29 is 4.74 Å². The maximum atomic E-state index is 6.11. The SMILES string of the molecule is CCC(N)(CC)COc1nnc(C)c(C)n1. The molecule has 0 saturated carbocycles. The standard InChI is InChI=1S/C11H20N4O/c1-5-11(12,6-2)7-16-10-13-8(3)9(4)14-15-10/h5-7,12H2,1-4H3. The van der Waals surface area contributed by atoms with E-state index in [0.29, 0.717) is 12.6 Å². The maximum Gasteiger partial charge on any atom is 0.335 e. The van der Waals surface area contributed by atoms with Crippen LogP contribution in [0.1, 0.15) is 38.1 Å². The number of hydrogen-bond donors (Lipinski definition) is 1. The summed E-state index contributed by atoms with van der Waals surface area (Å²) in [5.41, 5.74) is 7.46. The van der Waals surface area contributed by atoms with Crippen LogP contribution in [0, 0.1) is 13.8 Å². The molecule has 0 aromatic carbocycles. The van der Waals surface area contributed by atoms with Crippen molar-refractivity contribution >= 4 is 0 Å². The monoisotopic (exact) mass is 224 g/mol. The summed E-state index contributed by atoms with van der Waals surface area (Å²) < 4.78 is 5.48. The minimum Gasteiger partial charge on any atom is -0.460 e. The fourth-order valence-corrected chi connectivity index (χ4v) is 1.16. The molecule has 0 spiro atoms. The Morgan fingerprint density at radius 2 is 1.75 bits per heavy atom. The first-order valence-electron chi connectivity index (χ1n) is 5.60. The molecule has 1 rings (SSSR count). The summed E-state index contributed by atoms with van der Waals surface area (Å²) in [5.74, 6) is 0. The molecule has 0 bridgehead atoms. The Labute approximate surface area is 96.4 Å². The predicted molar refractivity (Wildman–Crippen MR) is 62.3 cm³/mol. The highest BCUT2D eigenvalue weighted by molar-refractivity contribution is 5.07. The fraction of sp³-hybridized carbons (Fsp3) is 0.727. The summed E-state index contributed by atoms with van der Waals surface area (Å²) in [7, 11) is 0. The van der Waals surface area contributed by atoms with Gasteiger partial charge in [-0.3, -0.25) is 0 Å². The van der Waals surface area contributed by atoms with E-state index in [-0.39, 0.29) is 5.54 Å². The van der Waals surface area contributed by atoms with Gasteiger partial charge in [-0.05, 0) is 26.7 Å². The summed E-state index contributed by atoms with van der Waals surface area (Å²) in [6.07, 6.45) is 1.73. The van der Waals surface area contributed by atoms with E-state index in [1.807, 2.05) is 27.7 Å². The first-order valence-corrected chi connectivity index (χ1v) is 5.60. The van der Waals surface area contributed by atoms with Gasteiger partial charge in [0.1, 0.15) is 6.61 Å². The Morgan fingerprint density at radius 3 is 2.25 bits per heavy atom. The van der Waals surface area contributed by atoms with Crippen LogP contribution in [0.25, 0.3) is 0 Å². The average molecular weight is 224 g/mol. The van der Waals surface area contributed by atoms with Crippen molar-refractivity contribution in [2.24, 2.45) is 5.73 Å². The lowest BCUT2D eigenvalue weighted by molar-refractivity contribution is 0.191. The van der Waals surface area contributed by atoms with Crippen molar-refractivity contribution in [2.75, 3.05) is 6.61 Å². The van der Waals surface area contributed by atoms with Gasteiger partial charge in [-0.2, -0.15) is 4.98 Å². The van der Waals surface area contributed by atoms with Crippen LogP contribution in [0.2, 0.25) is 0 Å². The topological polar surface area (TPSA) is 73.9 Å². The summed E-state index contributed by atoms with van der Waals surface area (Å²) in [5, 5.41) is 7.82. The Bertz CT molecular complexity index is 350. The molecule has 0 aliphatic rings. The minimum absolute atomic E-state index is 0.303. The number of nitrogens with zero attached hydrogens (tertiary/aromatic N) is 3. The van der Waals surface area contributed by atoms with Crippen LogP contribution in [0.5, 0.6) is 6.01 Å². The molecule has 1 aromatic rings. The lowest BCUT2D eigenvalue weighted by Crippen LogP contribution is -2.44. The molecule has 1 heterocycles. The molecule has 5 heteroatoms. The zero-order valence-electron chi connectivity index (χ0n) is 10.4. The molecule has 0 atom stereocenters. The van der Waals surface area contributed by atoms with E-state index in [0.717, 1.165) is 24.2 Å². The van der Waals surface area contributed by atoms with Crippen LogP contribution in [0.4, 0.5) is 0 Å². The highest BCUT2D eigenvalue weighted by Gasteiger charge is 2.21. The third-order valence-corrected chi connectivity index (χ3v) is 2.97. The number of rotatable bonds is 5. The molecule has 0 aliphatic carbocycles. The predicted octanol–water partition coefficient (Wildman–Crippen LogP) is 1.38. The van der Waals surface area contributed by atoms with Crippen LogP contribution < -0.4 is 10.5 Å². The Kier molecular flexibility index (Phi) is 4.18. The van der Waals surface area contributed by atoms with Crippen LogP contribution in [-0.2, 0) is 0 Å². The normalized spacial score (nSPS) is 11.6. The van der Waals surface area contributed by atoms with E-state index >= 15 is 0 Å². The van der Waals surface area contributed by atoms with Crippen molar-refractivity contribution in [1.82, 2.24) is 15.2 Å². The Morgan fingerprint density at radius 1 is 1.12 bits per heavy atom. The Hall–Kier alpha value is -1.23. The van der Waals surface area contributed by atoms with E-state index in [9.17, 15) is 0 Å². The van der Waals surface area contributed by atoms with Gasteiger partial charge in [0.05, 0.1) is 11.4 Å². The van der Waals surface area contributed by atoms with Crippen molar-refractivity contribution in [3.8, 4) is 6.01 Å². The first kappa shape index (κ1) is 12.8. The maximum absolute atomic E-state index is 6.11. The molecule has 2 N–H and O–H groups in total. The van der Waals surface area contributed by atoms with Gasteiger partial charge >= 0.3 is 6.01 Å². The number of ether oxygens (including phenoxy) is 1. The molecular formula is C11H20N4O. The van der Waals surface area contributed by atoms with Gasteiger partial charge in [0, 0.05) is 5.54 Å². The second kappa shape index (κ2) is 5.21. The van der Waals surface area contributed by atoms with Crippen LogP contribution >= 0.6 is 0 Å². The summed E-state index contributed by atoms with van der Waals surface area (Å²) in [6.45, 7) is 8.26. The highest BCUT2D eigenvalue weighted by atomic mass is 16.5. The summed E-state index contributed by atoms with van der Waals surface area (Å²) >= 11 is 0. The van der Waals surface area contributed by atoms with Gasteiger partial charge in [0.2, 0.25) is 0 Å². The smallest absolute Gasteiger partial charge is 0.335 e. The lowest BCUT2D eigenvalue weighted by Gasteiger charge is -2.25. The largest absolute Gasteiger partial charge is 0.460 e.